The van der Waals surface area contributed by atoms with Crippen molar-refractivity contribution in [1.82, 2.24) is 9.38 Å². The normalized spacial score (nSPS) is 18.9. The summed E-state index contributed by atoms with van der Waals surface area (Å²) in [4.78, 5) is 19.4. The maximum absolute atomic E-state index is 11.4. The molecule has 5 heteroatoms. The molecule has 0 bridgehead atoms. The van der Waals surface area contributed by atoms with Crippen molar-refractivity contribution in [1.29, 1.82) is 0 Å². The topological polar surface area (TPSA) is 37.6 Å². The molecule has 4 rings (SSSR count). The number of hydrogen-bond acceptors (Lipinski definition) is 4. The second kappa shape index (κ2) is 4.34. The van der Waals surface area contributed by atoms with Crippen molar-refractivity contribution in [3.05, 3.63) is 17.3 Å². The van der Waals surface area contributed by atoms with Gasteiger partial charge in [0.2, 0.25) is 0 Å². The summed E-state index contributed by atoms with van der Waals surface area (Å²) in [5, 5.41) is 1.98. The van der Waals surface area contributed by atoms with Crippen LogP contribution in [0.1, 0.15) is 36.2 Å². The number of hydrogen-bond donors (Lipinski definition) is 0. The van der Waals surface area contributed by atoms with Crippen LogP contribution < -0.4 is 4.90 Å². The third-order valence-electron chi connectivity index (χ3n) is 4.04. The van der Waals surface area contributed by atoms with Crippen LogP contribution in [0.15, 0.2) is 11.6 Å². The Labute approximate surface area is 116 Å². The molecule has 0 atom stereocenters. The van der Waals surface area contributed by atoms with E-state index in [4.69, 9.17) is 0 Å². The third-order valence-corrected chi connectivity index (χ3v) is 4.80. The van der Waals surface area contributed by atoms with E-state index in [0.29, 0.717) is 0 Å². The van der Waals surface area contributed by atoms with Gasteiger partial charge in [0, 0.05) is 24.7 Å². The highest BCUT2D eigenvalue weighted by molar-refractivity contribution is 7.15. The summed E-state index contributed by atoms with van der Waals surface area (Å²) in [6.45, 7) is 2.14. The minimum Gasteiger partial charge on any atom is -0.354 e. The lowest BCUT2D eigenvalue weighted by Gasteiger charge is -2.22. The van der Waals surface area contributed by atoms with E-state index in [1.807, 2.05) is 16.0 Å². The van der Waals surface area contributed by atoms with Crippen molar-refractivity contribution in [2.45, 2.75) is 25.7 Å². The molecule has 0 spiro atoms. The van der Waals surface area contributed by atoms with Crippen LogP contribution >= 0.6 is 11.3 Å². The number of imidazole rings is 1. The third kappa shape index (κ3) is 2.16. The Hall–Kier alpha value is -1.36. The van der Waals surface area contributed by atoms with Crippen molar-refractivity contribution in [3.8, 4) is 0 Å². The highest BCUT2D eigenvalue weighted by atomic mass is 32.1. The Morgan fingerprint density at radius 2 is 2.00 bits per heavy atom. The summed E-state index contributed by atoms with van der Waals surface area (Å²) >= 11 is 1.59. The number of rotatable bonds is 6. The van der Waals surface area contributed by atoms with Crippen molar-refractivity contribution in [3.63, 3.8) is 0 Å². The first-order valence-electron chi connectivity index (χ1n) is 7.01. The summed E-state index contributed by atoms with van der Waals surface area (Å²) in [7, 11) is 0. The zero-order valence-corrected chi connectivity index (χ0v) is 11.6. The quantitative estimate of drug-likeness (QED) is 0.761. The van der Waals surface area contributed by atoms with Crippen LogP contribution in [0.4, 0.5) is 5.82 Å². The number of fused-ring (bicyclic) bond motifs is 1. The molecule has 2 heterocycles. The van der Waals surface area contributed by atoms with E-state index in [0.717, 1.165) is 47.7 Å². The molecule has 0 amide bonds. The monoisotopic (exact) mass is 275 g/mol. The average molecular weight is 275 g/mol. The first kappa shape index (κ1) is 11.5. The number of thiazole rings is 1. The summed E-state index contributed by atoms with van der Waals surface area (Å²) < 4.78 is 1.92. The Kier molecular flexibility index (Phi) is 2.62. The number of nitrogens with zero attached hydrogens (tertiary/aromatic N) is 3. The van der Waals surface area contributed by atoms with Crippen LogP contribution in [0.25, 0.3) is 4.96 Å². The number of carbonyl (C=O) groups excluding carboxylic acids is 1. The summed E-state index contributed by atoms with van der Waals surface area (Å²) in [5.41, 5.74) is 0.720. The first-order valence-corrected chi connectivity index (χ1v) is 7.89. The smallest absolute Gasteiger partial charge is 0.196 e. The van der Waals surface area contributed by atoms with Gasteiger partial charge in [-0.25, -0.2) is 4.98 Å². The van der Waals surface area contributed by atoms with Gasteiger partial charge in [-0.1, -0.05) is 0 Å². The average Bonchev–Trinajstić information content (AvgIpc) is 3.30. The molecule has 2 aromatic rings. The highest BCUT2D eigenvalue weighted by Crippen LogP contribution is 2.36. The van der Waals surface area contributed by atoms with Crippen molar-refractivity contribution >= 4 is 28.4 Å². The van der Waals surface area contributed by atoms with Gasteiger partial charge in [0.1, 0.15) is 5.69 Å². The lowest BCUT2D eigenvalue weighted by Crippen LogP contribution is -2.29. The van der Waals surface area contributed by atoms with E-state index in [9.17, 15) is 4.79 Å². The molecule has 19 heavy (non-hydrogen) atoms. The van der Waals surface area contributed by atoms with E-state index < -0.39 is 0 Å². The fraction of sp³-hybridized carbons (Fsp3) is 0.571. The second-order valence-electron chi connectivity index (χ2n) is 5.79. The molecule has 0 aliphatic heterocycles. The molecule has 2 saturated carbocycles. The van der Waals surface area contributed by atoms with Crippen LogP contribution in [0.3, 0.4) is 0 Å². The second-order valence-corrected chi connectivity index (χ2v) is 6.66. The largest absolute Gasteiger partial charge is 0.354 e. The highest BCUT2D eigenvalue weighted by Gasteiger charge is 2.31. The van der Waals surface area contributed by atoms with E-state index in [2.05, 4.69) is 9.88 Å². The summed E-state index contributed by atoms with van der Waals surface area (Å²) in [6, 6.07) is 0. The Morgan fingerprint density at radius 1 is 1.32 bits per heavy atom. The molecule has 2 fully saturated rings. The fourth-order valence-corrected chi connectivity index (χ4v) is 3.32. The lowest BCUT2D eigenvalue weighted by molar-refractivity contribution is 0.111. The Morgan fingerprint density at radius 3 is 2.58 bits per heavy atom. The fourth-order valence-electron chi connectivity index (χ4n) is 2.61. The van der Waals surface area contributed by atoms with Gasteiger partial charge in [-0.2, -0.15) is 0 Å². The predicted molar refractivity (Wildman–Crippen MR) is 76.1 cm³/mol. The van der Waals surface area contributed by atoms with Gasteiger partial charge in [0.15, 0.2) is 17.1 Å². The van der Waals surface area contributed by atoms with E-state index >= 15 is 0 Å². The van der Waals surface area contributed by atoms with E-state index in [-0.39, 0.29) is 0 Å². The van der Waals surface area contributed by atoms with E-state index in [1.54, 1.807) is 11.3 Å². The standard InChI is InChI=1S/C14H17N3OS/c18-9-12-13(15-14-17(12)5-6-19-14)16(7-10-1-2-10)8-11-3-4-11/h5-6,9-11H,1-4,7-8H2. The number of anilines is 1. The van der Waals surface area contributed by atoms with Gasteiger partial charge in [0.05, 0.1) is 0 Å². The van der Waals surface area contributed by atoms with Crippen LogP contribution in [0.2, 0.25) is 0 Å². The molecule has 0 aromatic carbocycles. The van der Waals surface area contributed by atoms with E-state index in [1.165, 1.54) is 25.7 Å². The minimum absolute atomic E-state index is 0.720. The molecular weight excluding hydrogens is 258 g/mol. The van der Waals surface area contributed by atoms with Gasteiger partial charge in [-0.3, -0.25) is 9.20 Å². The molecule has 100 valence electrons. The van der Waals surface area contributed by atoms with Crippen LogP contribution in [0, 0.1) is 11.8 Å². The molecular formula is C14H17N3OS. The lowest BCUT2D eigenvalue weighted by atomic mass is 10.3. The Bertz CT molecular complexity index is 595. The van der Waals surface area contributed by atoms with Gasteiger partial charge < -0.3 is 4.90 Å². The molecule has 0 radical (unpaired) electrons. The molecule has 0 N–H and O–H groups in total. The molecule has 2 aliphatic rings. The van der Waals surface area contributed by atoms with Crippen LogP contribution in [-0.2, 0) is 0 Å². The molecule has 2 aliphatic carbocycles. The van der Waals surface area contributed by atoms with Gasteiger partial charge >= 0.3 is 0 Å². The zero-order valence-electron chi connectivity index (χ0n) is 10.8. The SMILES string of the molecule is O=Cc1c(N(CC2CC2)CC2CC2)nc2sccn12. The molecule has 0 saturated heterocycles. The first-order chi connectivity index (χ1) is 9.35. The molecule has 2 aromatic heterocycles. The summed E-state index contributed by atoms with van der Waals surface area (Å²) in [6.07, 6.45) is 8.22. The maximum Gasteiger partial charge on any atom is 0.196 e. The van der Waals surface area contributed by atoms with Gasteiger partial charge in [-0.15, -0.1) is 11.3 Å². The van der Waals surface area contributed by atoms with Crippen molar-refractivity contribution in [2.24, 2.45) is 11.8 Å². The van der Waals surface area contributed by atoms with Crippen molar-refractivity contribution in [2.75, 3.05) is 18.0 Å². The van der Waals surface area contributed by atoms with Crippen molar-refractivity contribution < 1.29 is 4.79 Å². The molecule has 4 nitrogen and oxygen atoms in total. The maximum atomic E-state index is 11.4. The van der Waals surface area contributed by atoms with Gasteiger partial charge in [0.25, 0.3) is 0 Å². The summed E-state index contributed by atoms with van der Waals surface area (Å²) in [5.74, 6) is 2.54. The predicted octanol–water partition coefficient (Wildman–Crippen LogP) is 2.83. The minimum atomic E-state index is 0.720. The number of aromatic nitrogens is 2. The van der Waals surface area contributed by atoms with Crippen LogP contribution in [0.5, 0.6) is 0 Å². The molecule has 0 unspecified atom stereocenters. The number of aldehydes is 1. The van der Waals surface area contributed by atoms with Gasteiger partial charge in [-0.05, 0) is 37.5 Å². The Balaban J connectivity index is 1.70. The van der Waals surface area contributed by atoms with Crippen LogP contribution in [-0.4, -0.2) is 28.8 Å². The zero-order chi connectivity index (χ0) is 12.8. The number of carbonyl (C=O) groups is 1.